The molecule has 4 unspecified atom stereocenters. The molecule has 2 fully saturated rings. The first-order valence-electron chi connectivity index (χ1n) is 6.28. The summed E-state index contributed by atoms with van der Waals surface area (Å²) in [4.78, 5) is 11.9. The summed E-state index contributed by atoms with van der Waals surface area (Å²) < 4.78 is 5.41. The molecule has 1 amide bonds. The van der Waals surface area contributed by atoms with Crippen LogP contribution in [0.25, 0.3) is 0 Å². The van der Waals surface area contributed by atoms with Crippen LogP contribution >= 0.6 is 0 Å². The van der Waals surface area contributed by atoms with Crippen LogP contribution in [0.5, 0.6) is 0 Å². The van der Waals surface area contributed by atoms with E-state index in [1.165, 1.54) is 0 Å². The first-order chi connectivity index (χ1) is 7.68. The zero-order valence-corrected chi connectivity index (χ0v) is 9.82. The second-order valence-corrected chi connectivity index (χ2v) is 5.02. The van der Waals surface area contributed by atoms with Crippen LogP contribution in [0.15, 0.2) is 0 Å². The van der Waals surface area contributed by atoms with E-state index in [9.17, 15) is 9.90 Å². The highest BCUT2D eigenvalue weighted by Crippen LogP contribution is 2.22. The van der Waals surface area contributed by atoms with Gasteiger partial charge in [-0.1, -0.05) is 19.8 Å². The third-order valence-corrected chi connectivity index (χ3v) is 3.70. The highest BCUT2D eigenvalue weighted by atomic mass is 16.5. The monoisotopic (exact) mass is 227 g/mol. The van der Waals surface area contributed by atoms with Crippen LogP contribution in [-0.4, -0.2) is 35.9 Å². The highest BCUT2D eigenvalue weighted by Gasteiger charge is 2.33. The van der Waals surface area contributed by atoms with Crippen molar-refractivity contribution in [3.05, 3.63) is 0 Å². The van der Waals surface area contributed by atoms with Crippen molar-refractivity contribution in [2.45, 2.75) is 57.3 Å². The van der Waals surface area contributed by atoms with Crippen molar-refractivity contribution in [3.63, 3.8) is 0 Å². The molecular weight excluding hydrogens is 206 g/mol. The summed E-state index contributed by atoms with van der Waals surface area (Å²) in [6, 6.07) is -0.0716. The number of amides is 1. The SMILES string of the molecule is CC1CCOC1C(=O)NC1CCCCC1O. The Labute approximate surface area is 96.4 Å². The molecule has 1 aliphatic carbocycles. The lowest BCUT2D eigenvalue weighted by Gasteiger charge is -2.29. The molecule has 4 nitrogen and oxygen atoms in total. The van der Waals surface area contributed by atoms with Crippen LogP contribution in [0.3, 0.4) is 0 Å². The zero-order valence-electron chi connectivity index (χ0n) is 9.82. The van der Waals surface area contributed by atoms with Gasteiger partial charge in [0.05, 0.1) is 12.1 Å². The van der Waals surface area contributed by atoms with E-state index in [0.717, 1.165) is 32.1 Å². The Kier molecular flexibility index (Phi) is 3.82. The summed E-state index contributed by atoms with van der Waals surface area (Å²) in [7, 11) is 0. The third-order valence-electron chi connectivity index (χ3n) is 3.70. The number of aliphatic hydroxyl groups excluding tert-OH is 1. The van der Waals surface area contributed by atoms with Gasteiger partial charge in [-0.15, -0.1) is 0 Å². The van der Waals surface area contributed by atoms with Crippen LogP contribution < -0.4 is 5.32 Å². The molecule has 0 radical (unpaired) electrons. The van der Waals surface area contributed by atoms with E-state index < -0.39 is 0 Å². The molecule has 0 spiro atoms. The topological polar surface area (TPSA) is 58.6 Å². The molecule has 0 bridgehead atoms. The van der Waals surface area contributed by atoms with Crippen LogP contribution in [0.2, 0.25) is 0 Å². The minimum atomic E-state index is -0.380. The number of rotatable bonds is 2. The van der Waals surface area contributed by atoms with Crippen molar-refractivity contribution in [2.75, 3.05) is 6.61 Å². The van der Waals surface area contributed by atoms with E-state index in [1.54, 1.807) is 0 Å². The fourth-order valence-corrected chi connectivity index (χ4v) is 2.58. The van der Waals surface area contributed by atoms with E-state index in [2.05, 4.69) is 5.32 Å². The van der Waals surface area contributed by atoms with Crippen LogP contribution in [0.4, 0.5) is 0 Å². The maximum absolute atomic E-state index is 11.9. The maximum Gasteiger partial charge on any atom is 0.249 e. The number of hydrogen-bond acceptors (Lipinski definition) is 3. The lowest BCUT2D eigenvalue weighted by Crippen LogP contribution is -2.49. The Hall–Kier alpha value is -0.610. The fraction of sp³-hybridized carbons (Fsp3) is 0.917. The summed E-state index contributed by atoms with van der Waals surface area (Å²) in [5.74, 6) is 0.247. The molecule has 0 aromatic rings. The minimum absolute atomic E-state index is 0.0454. The van der Waals surface area contributed by atoms with E-state index in [4.69, 9.17) is 4.74 Å². The first-order valence-corrected chi connectivity index (χ1v) is 6.28. The molecule has 0 aromatic heterocycles. The molecule has 4 atom stereocenters. The summed E-state index contributed by atoms with van der Waals surface area (Å²) in [6.45, 7) is 2.71. The van der Waals surface area contributed by atoms with Crippen molar-refractivity contribution in [3.8, 4) is 0 Å². The molecule has 16 heavy (non-hydrogen) atoms. The van der Waals surface area contributed by atoms with E-state index in [-0.39, 0.29) is 24.2 Å². The van der Waals surface area contributed by atoms with Crippen molar-refractivity contribution in [1.29, 1.82) is 0 Å². The maximum atomic E-state index is 11.9. The van der Waals surface area contributed by atoms with Gasteiger partial charge in [0.2, 0.25) is 5.91 Å². The predicted octanol–water partition coefficient (Wildman–Crippen LogP) is 0.831. The summed E-state index contributed by atoms with van der Waals surface area (Å²) in [5, 5.41) is 12.7. The van der Waals surface area contributed by atoms with Crippen molar-refractivity contribution in [1.82, 2.24) is 5.32 Å². The van der Waals surface area contributed by atoms with Crippen molar-refractivity contribution in [2.24, 2.45) is 5.92 Å². The average molecular weight is 227 g/mol. The molecule has 2 rings (SSSR count). The second kappa shape index (κ2) is 5.15. The number of aliphatic hydroxyl groups is 1. The molecular formula is C12H21NO3. The van der Waals surface area contributed by atoms with E-state index >= 15 is 0 Å². The second-order valence-electron chi connectivity index (χ2n) is 5.02. The van der Waals surface area contributed by atoms with Gasteiger partial charge in [-0.3, -0.25) is 4.79 Å². The Bertz CT molecular complexity index is 257. The standard InChI is InChI=1S/C12H21NO3/c1-8-6-7-16-11(8)12(15)13-9-4-2-3-5-10(9)14/h8-11,14H,2-7H2,1H3,(H,13,15). The average Bonchev–Trinajstić information content (AvgIpc) is 2.68. The zero-order chi connectivity index (χ0) is 11.5. The minimum Gasteiger partial charge on any atom is -0.391 e. The lowest BCUT2D eigenvalue weighted by atomic mass is 9.92. The molecule has 2 N–H and O–H groups in total. The molecule has 1 saturated carbocycles. The molecule has 1 heterocycles. The van der Waals surface area contributed by atoms with Crippen molar-refractivity contribution >= 4 is 5.91 Å². The summed E-state index contributed by atoms with van der Waals surface area (Å²) in [5.41, 5.74) is 0. The van der Waals surface area contributed by atoms with Gasteiger partial charge in [0.25, 0.3) is 0 Å². The van der Waals surface area contributed by atoms with E-state index in [1.807, 2.05) is 6.92 Å². The Morgan fingerprint density at radius 2 is 2.06 bits per heavy atom. The quantitative estimate of drug-likeness (QED) is 0.734. The first kappa shape index (κ1) is 11.9. The summed E-state index contributed by atoms with van der Waals surface area (Å²) in [6.07, 6.45) is 4.08. The van der Waals surface area contributed by atoms with E-state index in [0.29, 0.717) is 12.5 Å². The van der Waals surface area contributed by atoms with Gasteiger partial charge in [0.15, 0.2) is 0 Å². The lowest BCUT2D eigenvalue weighted by molar-refractivity contribution is -0.133. The van der Waals surface area contributed by atoms with Crippen molar-refractivity contribution < 1.29 is 14.6 Å². The normalized spacial score (nSPS) is 39.6. The molecule has 4 heteroatoms. The highest BCUT2D eigenvalue weighted by molar-refractivity contribution is 5.81. The molecule has 92 valence electrons. The number of hydrogen-bond donors (Lipinski definition) is 2. The molecule has 0 aromatic carbocycles. The Balaban J connectivity index is 1.86. The predicted molar refractivity (Wildman–Crippen MR) is 59.9 cm³/mol. The Morgan fingerprint density at radius 3 is 2.69 bits per heavy atom. The smallest absolute Gasteiger partial charge is 0.249 e. The van der Waals surface area contributed by atoms with Gasteiger partial charge in [0, 0.05) is 6.61 Å². The van der Waals surface area contributed by atoms with Crippen LogP contribution in [-0.2, 0) is 9.53 Å². The van der Waals surface area contributed by atoms with Crippen LogP contribution in [0, 0.1) is 5.92 Å². The largest absolute Gasteiger partial charge is 0.391 e. The number of carbonyl (C=O) groups excluding carboxylic acids is 1. The van der Waals surface area contributed by atoms with Gasteiger partial charge in [-0.2, -0.15) is 0 Å². The summed E-state index contributed by atoms with van der Waals surface area (Å²) >= 11 is 0. The van der Waals surface area contributed by atoms with Gasteiger partial charge < -0.3 is 15.2 Å². The number of nitrogens with one attached hydrogen (secondary N) is 1. The third kappa shape index (κ3) is 2.55. The molecule has 2 aliphatic rings. The molecule has 1 aliphatic heterocycles. The fourth-order valence-electron chi connectivity index (χ4n) is 2.58. The van der Waals surface area contributed by atoms with Gasteiger partial charge in [0.1, 0.15) is 6.10 Å². The van der Waals surface area contributed by atoms with Gasteiger partial charge >= 0.3 is 0 Å². The van der Waals surface area contributed by atoms with Crippen LogP contribution in [0.1, 0.15) is 39.0 Å². The number of carbonyl (C=O) groups is 1. The van der Waals surface area contributed by atoms with Gasteiger partial charge in [-0.25, -0.2) is 0 Å². The number of ether oxygens (including phenoxy) is 1. The molecule has 1 saturated heterocycles. The Morgan fingerprint density at radius 1 is 1.31 bits per heavy atom. The van der Waals surface area contributed by atoms with Gasteiger partial charge in [-0.05, 0) is 25.2 Å².